The Morgan fingerprint density at radius 1 is 1.25 bits per heavy atom. The van der Waals surface area contributed by atoms with Crippen molar-refractivity contribution in [3.63, 3.8) is 0 Å². The van der Waals surface area contributed by atoms with Crippen molar-refractivity contribution in [1.82, 2.24) is 9.38 Å². The Morgan fingerprint density at radius 2 is 2.04 bits per heavy atom. The molecule has 2 heterocycles. The zero-order valence-corrected chi connectivity index (χ0v) is 17.0. The monoisotopic (exact) mass is 411 g/mol. The standard InChI is InChI=1S/C21H18ClN3O2S/c1-13-3-5-14(6-4-13)18-11-25-16(12-28-21(25)24-18)10-20(26)23-17-9-15(22)7-8-19(17)27-2/h3-9,11-12H,10H2,1-2H3,(H,23,26). The number of benzene rings is 2. The predicted molar refractivity (Wildman–Crippen MR) is 114 cm³/mol. The van der Waals surface area contributed by atoms with E-state index in [2.05, 4.69) is 41.5 Å². The van der Waals surface area contributed by atoms with E-state index in [1.807, 2.05) is 16.0 Å². The lowest BCUT2D eigenvalue weighted by Crippen LogP contribution is -2.15. The quantitative estimate of drug-likeness (QED) is 0.490. The molecule has 4 rings (SSSR count). The number of hydrogen-bond acceptors (Lipinski definition) is 4. The summed E-state index contributed by atoms with van der Waals surface area (Å²) in [4.78, 5) is 18.1. The summed E-state index contributed by atoms with van der Waals surface area (Å²) in [6, 6.07) is 13.4. The fraction of sp³-hybridized carbons (Fsp3) is 0.143. The number of nitrogens with zero attached hydrogens (tertiary/aromatic N) is 2. The van der Waals surface area contributed by atoms with Gasteiger partial charge in [0.2, 0.25) is 5.91 Å². The molecule has 7 heteroatoms. The lowest BCUT2D eigenvalue weighted by Gasteiger charge is -2.10. The Balaban J connectivity index is 1.56. The average Bonchev–Trinajstić information content (AvgIpc) is 3.24. The second kappa shape index (κ2) is 7.66. The minimum absolute atomic E-state index is 0.147. The molecule has 0 radical (unpaired) electrons. The Hall–Kier alpha value is -2.83. The molecule has 0 unspecified atom stereocenters. The number of fused-ring (bicyclic) bond motifs is 1. The van der Waals surface area contributed by atoms with Crippen LogP contribution in [0.5, 0.6) is 5.75 Å². The number of ether oxygens (including phenoxy) is 1. The van der Waals surface area contributed by atoms with Gasteiger partial charge in [0.1, 0.15) is 5.75 Å². The van der Waals surface area contributed by atoms with E-state index in [1.54, 1.807) is 25.3 Å². The summed E-state index contributed by atoms with van der Waals surface area (Å²) >= 11 is 7.55. The maximum Gasteiger partial charge on any atom is 0.230 e. The Morgan fingerprint density at radius 3 is 2.79 bits per heavy atom. The number of halogens is 1. The third-order valence-electron chi connectivity index (χ3n) is 4.41. The summed E-state index contributed by atoms with van der Waals surface area (Å²) in [5.41, 5.74) is 4.59. The van der Waals surface area contributed by atoms with Crippen LogP contribution in [0, 0.1) is 6.92 Å². The SMILES string of the molecule is COc1ccc(Cl)cc1NC(=O)Cc1csc2nc(-c3ccc(C)cc3)cn12. The largest absolute Gasteiger partial charge is 0.495 e. The van der Waals surface area contributed by atoms with Gasteiger partial charge in [-0.3, -0.25) is 9.20 Å². The van der Waals surface area contributed by atoms with Gasteiger partial charge < -0.3 is 10.1 Å². The van der Waals surface area contributed by atoms with E-state index in [0.29, 0.717) is 16.5 Å². The zero-order valence-electron chi connectivity index (χ0n) is 15.4. The maximum atomic E-state index is 12.6. The second-order valence-electron chi connectivity index (χ2n) is 6.44. The Labute approximate surface area is 171 Å². The van der Waals surface area contributed by atoms with Gasteiger partial charge in [0.25, 0.3) is 0 Å². The van der Waals surface area contributed by atoms with E-state index in [1.165, 1.54) is 16.9 Å². The first-order valence-electron chi connectivity index (χ1n) is 8.69. The van der Waals surface area contributed by atoms with Gasteiger partial charge in [0, 0.05) is 27.9 Å². The Kier molecular flexibility index (Phi) is 5.07. The molecule has 0 aliphatic carbocycles. The number of imidazole rings is 1. The van der Waals surface area contributed by atoms with Crippen molar-refractivity contribution in [1.29, 1.82) is 0 Å². The first-order chi connectivity index (χ1) is 13.5. The van der Waals surface area contributed by atoms with Crippen LogP contribution in [0.1, 0.15) is 11.3 Å². The van der Waals surface area contributed by atoms with Gasteiger partial charge in [-0.05, 0) is 25.1 Å². The third-order valence-corrected chi connectivity index (χ3v) is 5.53. The number of carbonyl (C=O) groups is 1. The van der Waals surface area contributed by atoms with E-state index in [4.69, 9.17) is 16.3 Å². The van der Waals surface area contributed by atoms with Crippen molar-refractivity contribution in [3.05, 3.63) is 70.3 Å². The molecule has 0 atom stereocenters. The Bertz CT molecular complexity index is 1150. The van der Waals surface area contributed by atoms with Crippen LogP contribution in [-0.2, 0) is 11.2 Å². The number of thiazole rings is 1. The number of amides is 1. The zero-order chi connectivity index (χ0) is 19.7. The molecule has 142 valence electrons. The number of methoxy groups -OCH3 is 1. The maximum absolute atomic E-state index is 12.6. The topological polar surface area (TPSA) is 55.6 Å². The summed E-state index contributed by atoms with van der Waals surface area (Å²) in [5, 5.41) is 5.36. The van der Waals surface area contributed by atoms with E-state index < -0.39 is 0 Å². The highest BCUT2D eigenvalue weighted by Crippen LogP contribution is 2.28. The van der Waals surface area contributed by atoms with E-state index >= 15 is 0 Å². The highest BCUT2D eigenvalue weighted by molar-refractivity contribution is 7.15. The van der Waals surface area contributed by atoms with Gasteiger partial charge in [-0.15, -0.1) is 11.3 Å². The van der Waals surface area contributed by atoms with Crippen LogP contribution in [0.2, 0.25) is 5.02 Å². The molecule has 0 aliphatic rings. The molecule has 0 bridgehead atoms. The van der Waals surface area contributed by atoms with Gasteiger partial charge in [0.05, 0.1) is 24.9 Å². The minimum atomic E-state index is -0.147. The lowest BCUT2D eigenvalue weighted by atomic mass is 10.1. The van der Waals surface area contributed by atoms with Gasteiger partial charge in [0.15, 0.2) is 4.96 Å². The summed E-state index contributed by atoms with van der Waals surface area (Å²) in [7, 11) is 1.55. The molecule has 0 aliphatic heterocycles. The number of rotatable bonds is 5. The molecule has 28 heavy (non-hydrogen) atoms. The number of carbonyl (C=O) groups excluding carboxylic acids is 1. The van der Waals surface area contributed by atoms with Crippen LogP contribution in [0.15, 0.2) is 54.0 Å². The molecule has 4 aromatic rings. The van der Waals surface area contributed by atoms with Crippen LogP contribution in [-0.4, -0.2) is 22.4 Å². The van der Waals surface area contributed by atoms with Crippen LogP contribution in [0.4, 0.5) is 5.69 Å². The minimum Gasteiger partial charge on any atom is -0.495 e. The molecule has 0 spiro atoms. The van der Waals surface area contributed by atoms with E-state index in [-0.39, 0.29) is 12.3 Å². The number of anilines is 1. The van der Waals surface area contributed by atoms with Gasteiger partial charge in [-0.25, -0.2) is 4.98 Å². The summed E-state index contributed by atoms with van der Waals surface area (Å²) in [6.07, 6.45) is 2.19. The number of hydrogen-bond donors (Lipinski definition) is 1. The fourth-order valence-electron chi connectivity index (χ4n) is 2.96. The fourth-order valence-corrected chi connectivity index (χ4v) is 4.00. The first-order valence-corrected chi connectivity index (χ1v) is 9.95. The number of aryl methyl sites for hydroxylation is 1. The van der Waals surface area contributed by atoms with Crippen molar-refractivity contribution in [2.45, 2.75) is 13.3 Å². The molecule has 0 fully saturated rings. The highest BCUT2D eigenvalue weighted by Gasteiger charge is 2.14. The van der Waals surface area contributed by atoms with Crippen LogP contribution in [0.3, 0.4) is 0 Å². The number of nitrogens with one attached hydrogen (secondary N) is 1. The third kappa shape index (κ3) is 3.74. The summed E-state index contributed by atoms with van der Waals surface area (Å²) < 4.78 is 7.25. The van der Waals surface area contributed by atoms with Crippen LogP contribution >= 0.6 is 22.9 Å². The molecule has 0 saturated carbocycles. The first kappa shape index (κ1) is 18.5. The van der Waals surface area contributed by atoms with Gasteiger partial charge >= 0.3 is 0 Å². The summed E-state index contributed by atoms with van der Waals surface area (Å²) in [5.74, 6) is 0.420. The normalized spacial score (nSPS) is 11.0. The van der Waals surface area contributed by atoms with Crippen molar-refractivity contribution in [3.8, 4) is 17.0 Å². The molecule has 5 nitrogen and oxygen atoms in total. The van der Waals surface area contributed by atoms with Crippen LogP contribution in [0.25, 0.3) is 16.2 Å². The van der Waals surface area contributed by atoms with Crippen molar-refractivity contribution >= 4 is 39.5 Å². The summed E-state index contributed by atoms with van der Waals surface area (Å²) in [6.45, 7) is 2.06. The van der Waals surface area contributed by atoms with E-state index in [9.17, 15) is 4.79 Å². The van der Waals surface area contributed by atoms with Crippen molar-refractivity contribution < 1.29 is 9.53 Å². The predicted octanol–water partition coefficient (Wildman–Crippen LogP) is 5.21. The molecule has 0 saturated heterocycles. The van der Waals surface area contributed by atoms with Gasteiger partial charge in [-0.2, -0.15) is 0 Å². The molecule has 1 N–H and O–H groups in total. The highest BCUT2D eigenvalue weighted by atomic mass is 35.5. The van der Waals surface area contributed by atoms with Crippen molar-refractivity contribution in [2.24, 2.45) is 0 Å². The number of aromatic nitrogens is 2. The second-order valence-corrected chi connectivity index (χ2v) is 7.71. The van der Waals surface area contributed by atoms with Crippen molar-refractivity contribution in [2.75, 3.05) is 12.4 Å². The molecule has 1 amide bonds. The molecule has 2 aromatic carbocycles. The van der Waals surface area contributed by atoms with Gasteiger partial charge in [-0.1, -0.05) is 41.4 Å². The molecule has 2 aromatic heterocycles. The molecular formula is C21H18ClN3O2S. The smallest absolute Gasteiger partial charge is 0.230 e. The van der Waals surface area contributed by atoms with E-state index in [0.717, 1.165) is 21.9 Å². The van der Waals surface area contributed by atoms with Crippen LogP contribution < -0.4 is 10.1 Å². The molecular weight excluding hydrogens is 394 g/mol. The lowest BCUT2D eigenvalue weighted by molar-refractivity contribution is -0.115. The average molecular weight is 412 g/mol.